The van der Waals surface area contributed by atoms with Crippen LogP contribution in [0.5, 0.6) is 0 Å². The van der Waals surface area contributed by atoms with E-state index in [9.17, 15) is 25.9 Å². The molecule has 0 rings (SSSR count). The molecular weight excluding hydrogens is 695 g/mol. The fourth-order valence-electron chi connectivity index (χ4n) is 4.23. The molecule has 0 radical (unpaired) electrons. The molecule has 0 atom stereocenters. The average Bonchev–Trinajstić information content (AvgIpc) is 2.94. The van der Waals surface area contributed by atoms with Crippen LogP contribution in [0.4, 0.5) is 0 Å². The summed E-state index contributed by atoms with van der Waals surface area (Å²) in [5.41, 5.74) is 0. The maximum absolute atomic E-state index is 10.1. The Morgan fingerprint density at radius 2 is 0.628 bits per heavy atom. The van der Waals surface area contributed by atoms with Crippen LogP contribution in [0.1, 0.15) is 182 Å². The predicted molar refractivity (Wildman–Crippen MR) is 180 cm³/mol. The number of hydrogen-bond donors (Lipinski definition) is 0. The molecule has 11 heteroatoms. The van der Waals surface area contributed by atoms with E-state index in [0.29, 0.717) is 12.8 Å². The molecule has 0 aromatic rings. The minimum absolute atomic E-state index is 0.0301. The SMILES string of the molecule is CCCCCCCCCCCCOS(=O)(=O)[O-].CCCCCCCCCCCCOS(=O)(=O)[O-].CCC[CH2][Sn+2][CH2]CCC. The van der Waals surface area contributed by atoms with E-state index in [1.165, 1.54) is 116 Å². The Labute approximate surface area is 278 Å². The normalized spacial score (nSPS) is 11.3. The van der Waals surface area contributed by atoms with Gasteiger partial charge in [-0.2, -0.15) is 0 Å². The molecular formula is C32H68O8S2Sn. The molecule has 0 unspecified atom stereocenters. The summed E-state index contributed by atoms with van der Waals surface area (Å²) < 4.78 is 72.2. The molecule has 8 nitrogen and oxygen atoms in total. The Hall–Kier alpha value is 0.539. The number of rotatable bonds is 30. The minimum atomic E-state index is -4.48. The van der Waals surface area contributed by atoms with Gasteiger partial charge in [-0.1, -0.05) is 129 Å². The number of unbranched alkanes of at least 4 members (excludes halogenated alkanes) is 20. The summed E-state index contributed by atoms with van der Waals surface area (Å²) in [6.07, 6.45) is 29.2. The quantitative estimate of drug-likeness (QED) is 0.0306. The summed E-state index contributed by atoms with van der Waals surface area (Å²) in [6.45, 7) is 9.07. The van der Waals surface area contributed by atoms with E-state index < -0.39 is 20.8 Å². The average molecular weight is 764 g/mol. The first-order valence-corrected chi connectivity index (χ1v) is 24.1. The second kappa shape index (κ2) is 38.7. The fraction of sp³-hybridized carbons (Fsp3) is 1.00. The molecule has 43 heavy (non-hydrogen) atoms. The van der Waals surface area contributed by atoms with Gasteiger partial charge in [0.2, 0.25) is 20.8 Å². The summed E-state index contributed by atoms with van der Waals surface area (Å²) in [5.74, 6) is 0. The van der Waals surface area contributed by atoms with Crippen molar-refractivity contribution in [1.82, 2.24) is 0 Å². The van der Waals surface area contributed by atoms with Crippen molar-refractivity contribution in [2.24, 2.45) is 0 Å². The van der Waals surface area contributed by atoms with Gasteiger partial charge in [0.25, 0.3) is 0 Å². The molecule has 0 saturated heterocycles. The molecule has 0 aliphatic rings. The van der Waals surface area contributed by atoms with E-state index >= 15 is 0 Å². The molecule has 0 bridgehead atoms. The summed E-state index contributed by atoms with van der Waals surface area (Å²) in [5, 5.41) is 0. The molecule has 0 aromatic heterocycles. The van der Waals surface area contributed by atoms with Gasteiger partial charge in [0.1, 0.15) is 0 Å². The zero-order valence-corrected chi connectivity index (χ0v) is 32.9. The zero-order valence-electron chi connectivity index (χ0n) is 28.4. The predicted octanol–water partition coefficient (Wildman–Crippen LogP) is 9.90. The Bertz CT molecular complexity index is 659. The molecule has 0 fully saturated rings. The van der Waals surface area contributed by atoms with Gasteiger partial charge in [-0.15, -0.1) is 0 Å². The summed E-state index contributed by atoms with van der Waals surface area (Å²) in [7, 11) is -8.97. The molecule has 0 amide bonds. The zero-order chi connectivity index (χ0) is 32.9. The van der Waals surface area contributed by atoms with Gasteiger partial charge in [0, 0.05) is 0 Å². The van der Waals surface area contributed by atoms with Crippen molar-refractivity contribution < 1.29 is 34.3 Å². The topological polar surface area (TPSA) is 133 Å². The van der Waals surface area contributed by atoms with Crippen LogP contribution in [0, 0.1) is 0 Å². The third kappa shape index (κ3) is 58.6. The maximum atomic E-state index is 10.1. The first kappa shape index (κ1) is 47.9. The van der Waals surface area contributed by atoms with Crippen molar-refractivity contribution >= 4 is 41.9 Å². The summed E-state index contributed by atoms with van der Waals surface area (Å²) in [4.78, 5) is 0. The van der Waals surface area contributed by atoms with Crippen LogP contribution in [0.2, 0.25) is 8.87 Å². The third-order valence-electron chi connectivity index (χ3n) is 6.87. The van der Waals surface area contributed by atoms with E-state index in [1.54, 1.807) is 8.87 Å². The molecule has 0 aromatic carbocycles. The fourth-order valence-corrected chi connectivity index (χ4v) is 9.03. The summed E-state index contributed by atoms with van der Waals surface area (Å²) in [6, 6.07) is 0. The molecule has 0 aliphatic carbocycles. The molecule has 0 spiro atoms. The van der Waals surface area contributed by atoms with Crippen molar-refractivity contribution in [3.8, 4) is 0 Å². The van der Waals surface area contributed by atoms with Gasteiger partial charge in [0.15, 0.2) is 0 Å². The molecule has 0 saturated carbocycles. The van der Waals surface area contributed by atoms with E-state index in [-0.39, 0.29) is 34.4 Å². The van der Waals surface area contributed by atoms with E-state index in [0.717, 1.165) is 25.7 Å². The Morgan fingerprint density at radius 3 is 0.860 bits per heavy atom. The Kier molecular flexibility index (Phi) is 43.2. The van der Waals surface area contributed by atoms with Crippen molar-refractivity contribution in [3.63, 3.8) is 0 Å². The van der Waals surface area contributed by atoms with Crippen molar-refractivity contribution in [2.45, 2.75) is 191 Å². The van der Waals surface area contributed by atoms with Crippen molar-refractivity contribution in [3.05, 3.63) is 0 Å². The van der Waals surface area contributed by atoms with Gasteiger partial charge in [-0.25, -0.2) is 16.8 Å². The van der Waals surface area contributed by atoms with Crippen LogP contribution in [0.3, 0.4) is 0 Å². The molecule has 0 N–H and O–H groups in total. The standard InChI is InChI=1S/2C12H26O4S.2C4H9.Sn/c2*1-2-3-4-5-6-7-8-9-10-11-12-16-17(13,14)15;2*1-3-4-2;/h2*2-12H2,1H3,(H,13,14,15);2*1,3-4H2,2H3;/q;;;;+2/p-2. The molecule has 0 heterocycles. The monoisotopic (exact) mass is 764 g/mol. The second-order valence-electron chi connectivity index (χ2n) is 11.3. The van der Waals surface area contributed by atoms with Gasteiger partial charge in [-0.3, -0.25) is 8.37 Å². The van der Waals surface area contributed by atoms with E-state index in [4.69, 9.17) is 0 Å². The van der Waals surface area contributed by atoms with Crippen LogP contribution < -0.4 is 0 Å². The first-order valence-electron chi connectivity index (χ1n) is 17.4. The number of hydrogen-bond acceptors (Lipinski definition) is 8. The van der Waals surface area contributed by atoms with Gasteiger partial charge in [-0.05, 0) is 12.8 Å². The van der Waals surface area contributed by atoms with Crippen LogP contribution in [-0.4, -0.2) is 60.3 Å². The van der Waals surface area contributed by atoms with Crippen LogP contribution in [0.15, 0.2) is 0 Å². The molecule has 0 aliphatic heterocycles. The van der Waals surface area contributed by atoms with Crippen LogP contribution >= 0.6 is 0 Å². The van der Waals surface area contributed by atoms with Crippen molar-refractivity contribution in [1.29, 1.82) is 0 Å². The van der Waals surface area contributed by atoms with Gasteiger partial charge < -0.3 is 9.11 Å². The van der Waals surface area contributed by atoms with Crippen molar-refractivity contribution in [2.75, 3.05) is 13.2 Å². The third-order valence-corrected chi connectivity index (χ3v) is 11.8. The Morgan fingerprint density at radius 1 is 0.395 bits per heavy atom. The second-order valence-corrected chi connectivity index (χ2v) is 17.7. The van der Waals surface area contributed by atoms with Crippen LogP contribution in [0.25, 0.3) is 0 Å². The molecule has 260 valence electrons. The Balaban J connectivity index is -0.000000586. The summed E-state index contributed by atoms with van der Waals surface area (Å²) >= 11 is 0.149. The van der Waals surface area contributed by atoms with Gasteiger partial charge in [0.05, 0.1) is 13.2 Å². The van der Waals surface area contributed by atoms with Gasteiger partial charge >= 0.3 is 69.5 Å². The van der Waals surface area contributed by atoms with E-state index in [2.05, 4.69) is 36.1 Å². The van der Waals surface area contributed by atoms with Crippen LogP contribution in [-0.2, 0) is 29.2 Å². The first-order chi connectivity index (χ1) is 20.5. The van der Waals surface area contributed by atoms with E-state index in [1.807, 2.05) is 0 Å².